The number of aliphatic hydroxyl groups excluding tert-OH is 1. The number of hydrogen-bond acceptors (Lipinski definition) is 4. The predicted octanol–water partition coefficient (Wildman–Crippen LogP) is 2.74. The Morgan fingerprint density at radius 2 is 1.80 bits per heavy atom. The predicted molar refractivity (Wildman–Crippen MR) is 77.9 cm³/mol. The number of benzene rings is 2. The molecule has 2 rings (SSSR count). The molecule has 5 nitrogen and oxygen atoms in total. The van der Waals surface area contributed by atoms with Gasteiger partial charge in [-0.1, -0.05) is 30.3 Å². The molecule has 1 atom stereocenters. The first-order chi connectivity index (χ1) is 9.50. The summed E-state index contributed by atoms with van der Waals surface area (Å²) in [5, 5.41) is 21.5. The van der Waals surface area contributed by atoms with E-state index in [2.05, 4.69) is 0 Å². The molecule has 0 heterocycles. The van der Waals surface area contributed by atoms with Crippen LogP contribution in [-0.2, 0) is 0 Å². The van der Waals surface area contributed by atoms with Crippen LogP contribution in [0.3, 0.4) is 0 Å². The second-order valence-corrected chi connectivity index (χ2v) is 4.71. The van der Waals surface area contributed by atoms with Crippen molar-refractivity contribution in [3.05, 3.63) is 69.8 Å². The molecule has 0 aromatic heterocycles. The van der Waals surface area contributed by atoms with Gasteiger partial charge in [-0.15, -0.1) is 0 Å². The largest absolute Gasteiger partial charge is 0.383 e. The second kappa shape index (κ2) is 5.71. The van der Waals surface area contributed by atoms with Gasteiger partial charge in [0.15, 0.2) is 0 Å². The molecule has 0 saturated carbocycles. The van der Waals surface area contributed by atoms with Gasteiger partial charge in [-0.3, -0.25) is 10.1 Å². The zero-order valence-electron chi connectivity index (χ0n) is 11.4. The van der Waals surface area contributed by atoms with Crippen LogP contribution in [0.25, 0.3) is 0 Å². The standard InChI is InChI=1S/C15H16N2O3/c1-16(2)12-8-9-14(17(19)20)13(10-12)15(18)11-6-4-3-5-7-11/h3-10,15,18H,1-2H3. The van der Waals surface area contributed by atoms with Crippen LogP contribution >= 0.6 is 0 Å². The van der Waals surface area contributed by atoms with E-state index in [-0.39, 0.29) is 5.69 Å². The highest BCUT2D eigenvalue weighted by molar-refractivity contribution is 5.57. The van der Waals surface area contributed by atoms with E-state index in [1.165, 1.54) is 6.07 Å². The van der Waals surface area contributed by atoms with Crippen molar-refractivity contribution in [2.75, 3.05) is 19.0 Å². The minimum atomic E-state index is -1.02. The molecular weight excluding hydrogens is 256 g/mol. The first-order valence-electron chi connectivity index (χ1n) is 6.19. The van der Waals surface area contributed by atoms with Gasteiger partial charge in [0, 0.05) is 25.8 Å². The van der Waals surface area contributed by atoms with Crippen LogP contribution in [0.5, 0.6) is 0 Å². The molecule has 20 heavy (non-hydrogen) atoms. The van der Waals surface area contributed by atoms with Crippen LogP contribution in [0, 0.1) is 10.1 Å². The number of rotatable bonds is 4. The highest BCUT2D eigenvalue weighted by Gasteiger charge is 2.22. The molecule has 0 aliphatic rings. The SMILES string of the molecule is CN(C)c1ccc([N+](=O)[O-])c(C(O)c2ccccc2)c1. The van der Waals surface area contributed by atoms with Crippen LogP contribution < -0.4 is 4.90 Å². The van der Waals surface area contributed by atoms with Gasteiger partial charge in [-0.2, -0.15) is 0 Å². The Bertz CT molecular complexity index is 612. The Morgan fingerprint density at radius 3 is 2.35 bits per heavy atom. The summed E-state index contributed by atoms with van der Waals surface area (Å²) in [6.45, 7) is 0. The molecule has 0 aliphatic carbocycles. The molecular formula is C15H16N2O3. The quantitative estimate of drug-likeness (QED) is 0.686. The molecule has 2 aromatic rings. The van der Waals surface area contributed by atoms with Gasteiger partial charge in [0.2, 0.25) is 0 Å². The lowest BCUT2D eigenvalue weighted by molar-refractivity contribution is -0.386. The Kier molecular flexibility index (Phi) is 4.00. The van der Waals surface area contributed by atoms with Crippen LogP contribution in [0.1, 0.15) is 17.2 Å². The summed E-state index contributed by atoms with van der Waals surface area (Å²) in [6.07, 6.45) is -1.02. The minimum Gasteiger partial charge on any atom is -0.383 e. The molecule has 0 amide bonds. The summed E-state index contributed by atoms with van der Waals surface area (Å²) in [6, 6.07) is 13.7. The van der Waals surface area contributed by atoms with Crippen molar-refractivity contribution in [2.45, 2.75) is 6.10 Å². The first-order valence-corrected chi connectivity index (χ1v) is 6.19. The molecule has 0 aliphatic heterocycles. The molecule has 0 radical (unpaired) electrons. The summed E-state index contributed by atoms with van der Waals surface area (Å²) >= 11 is 0. The average molecular weight is 272 g/mol. The fourth-order valence-electron chi connectivity index (χ4n) is 2.02. The lowest BCUT2D eigenvalue weighted by Crippen LogP contribution is -2.11. The fourth-order valence-corrected chi connectivity index (χ4v) is 2.02. The first kappa shape index (κ1) is 14.0. The Hall–Kier alpha value is -2.40. The van der Waals surface area contributed by atoms with Crippen molar-refractivity contribution in [1.82, 2.24) is 0 Å². The monoisotopic (exact) mass is 272 g/mol. The number of aliphatic hydroxyl groups is 1. The van der Waals surface area contributed by atoms with E-state index in [4.69, 9.17) is 0 Å². The maximum Gasteiger partial charge on any atom is 0.275 e. The smallest absolute Gasteiger partial charge is 0.275 e. The third-order valence-electron chi connectivity index (χ3n) is 3.13. The number of nitro groups is 1. The molecule has 0 saturated heterocycles. The van der Waals surface area contributed by atoms with Gasteiger partial charge in [0.1, 0.15) is 6.10 Å². The van der Waals surface area contributed by atoms with E-state index in [1.807, 2.05) is 25.1 Å². The van der Waals surface area contributed by atoms with Crippen LogP contribution in [0.2, 0.25) is 0 Å². The van der Waals surface area contributed by atoms with Crippen molar-refractivity contribution in [1.29, 1.82) is 0 Å². The molecule has 0 fully saturated rings. The summed E-state index contributed by atoms with van der Waals surface area (Å²) in [4.78, 5) is 12.5. The summed E-state index contributed by atoms with van der Waals surface area (Å²) in [5.74, 6) is 0. The third-order valence-corrected chi connectivity index (χ3v) is 3.13. The van der Waals surface area contributed by atoms with Crippen LogP contribution in [-0.4, -0.2) is 24.1 Å². The third kappa shape index (κ3) is 2.78. The number of nitrogens with zero attached hydrogens (tertiary/aromatic N) is 2. The lowest BCUT2D eigenvalue weighted by Gasteiger charge is -2.17. The number of anilines is 1. The van der Waals surface area contributed by atoms with Crippen LogP contribution in [0.4, 0.5) is 11.4 Å². The zero-order valence-corrected chi connectivity index (χ0v) is 11.4. The minimum absolute atomic E-state index is 0.0769. The van der Waals surface area contributed by atoms with E-state index >= 15 is 0 Å². The summed E-state index contributed by atoms with van der Waals surface area (Å²) < 4.78 is 0. The Balaban J connectivity index is 2.52. The zero-order chi connectivity index (χ0) is 14.7. The molecule has 0 spiro atoms. The van der Waals surface area contributed by atoms with Gasteiger partial charge in [-0.05, 0) is 17.7 Å². The van der Waals surface area contributed by atoms with Gasteiger partial charge >= 0.3 is 0 Å². The highest BCUT2D eigenvalue weighted by atomic mass is 16.6. The Morgan fingerprint density at radius 1 is 1.15 bits per heavy atom. The van der Waals surface area contributed by atoms with Gasteiger partial charge < -0.3 is 10.0 Å². The van der Waals surface area contributed by atoms with E-state index in [1.54, 1.807) is 36.4 Å². The maximum atomic E-state index is 11.1. The van der Waals surface area contributed by atoms with E-state index < -0.39 is 11.0 Å². The topological polar surface area (TPSA) is 66.6 Å². The fraction of sp³-hybridized carbons (Fsp3) is 0.200. The van der Waals surface area contributed by atoms with Gasteiger partial charge in [-0.25, -0.2) is 0 Å². The van der Waals surface area contributed by atoms with Crippen molar-refractivity contribution >= 4 is 11.4 Å². The summed E-state index contributed by atoms with van der Waals surface area (Å²) in [7, 11) is 3.69. The van der Waals surface area contributed by atoms with Gasteiger partial charge in [0.25, 0.3) is 5.69 Å². The summed E-state index contributed by atoms with van der Waals surface area (Å²) in [5.41, 5.74) is 1.66. The molecule has 104 valence electrons. The molecule has 0 bridgehead atoms. The maximum absolute atomic E-state index is 11.1. The van der Waals surface area contributed by atoms with Crippen molar-refractivity contribution in [3.8, 4) is 0 Å². The van der Waals surface area contributed by atoms with Gasteiger partial charge in [0.05, 0.1) is 10.5 Å². The Labute approximate surface area is 117 Å². The van der Waals surface area contributed by atoms with E-state index in [0.29, 0.717) is 11.1 Å². The van der Waals surface area contributed by atoms with Crippen LogP contribution in [0.15, 0.2) is 48.5 Å². The highest BCUT2D eigenvalue weighted by Crippen LogP contribution is 2.32. The second-order valence-electron chi connectivity index (χ2n) is 4.71. The molecule has 1 unspecified atom stereocenters. The molecule has 5 heteroatoms. The lowest BCUT2D eigenvalue weighted by atomic mass is 9.99. The molecule has 2 aromatic carbocycles. The normalized spacial score (nSPS) is 11.9. The van der Waals surface area contributed by atoms with Crippen molar-refractivity contribution < 1.29 is 10.0 Å². The van der Waals surface area contributed by atoms with E-state index in [9.17, 15) is 15.2 Å². The number of hydrogen-bond donors (Lipinski definition) is 1. The van der Waals surface area contributed by atoms with Crippen molar-refractivity contribution in [3.63, 3.8) is 0 Å². The average Bonchev–Trinajstić information content (AvgIpc) is 2.46. The van der Waals surface area contributed by atoms with E-state index in [0.717, 1.165) is 5.69 Å². The number of nitro benzene ring substituents is 1. The molecule has 1 N–H and O–H groups in total. The van der Waals surface area contributed by atoms with Crippen molar-refractivity contribution in [2.24, 2.45) is 0 Å².